The Bertz CT molecular complexity index is 503. The van der Waals surface area contributed by atoms with E-state index in [0.717, 1.165) is 4.90 Å². The zero-order valence-electron chi connectivity index (χ0n) is 10.1. The number of hydrogen-bond donors (Lipinski definition) is 2. The highest BCUT2D eigenvalue weighted by Crippen LogP contribution is 2.08. The summed E-state index contributed by atoms with van der Waals surface area (Å²) < 4.78 is 0. The van der Waals surface area contributed by atoms with E-state index in [4.69, 9.17) is 5.11 Å². The van der Waals surface area contributed by atoms with Crippen LogP contribution in [-0.2, 0) is 20.8 Å². The molecule has 1 aliphatic rings. The van der Waals surface area contributed by atoms with Gasteiger partial charge in [0.1, 0.15) is 12.6 Å². The van der Waals surface area contributed by atoms with Crippen LogP contribution in [0.1, 0.15) is 5.56 Å². The normalized spacial score (nSPS) is 18.8. The number of nitrogens with zero attached hydrogens (tertiary/aromatic N) is 2. The molecule has 7 nitrogen and oxygen atoms in total. The Kier molecular flexibility index (Phi) is 3.74. The molecule has 2 amide bonds. The van der Waals surface area contributed by atoms with Gasteiger partial charge in [-0.05, 0) is 11.6 Å². The first-order valence-electron chi connectivity index (χ1n) is 5.76. The van der Waals surface area contributed by atoms with E-state index in [1.54, 1.807) is 18.3 Å². The third-order valence-electron chi connectivity index (χ3n) is 2.87. The molecule has 1 aromatic heterocycles. The van der Waals surface area contributed by atoms with Gasteiger partial charge in [0.15, 0.2) is 0 Å². The molecule has 19 heavy (non-hydrogen) atoms. The van der Waals surface area contributed by atoms with Crippen molar-refractivity contribution in [3.63, 3.8) is 0 Å². The summed E-state index contributed by atoms with van der Waals surface area (Å²) in [5.41, 5.74) is 0.683. The quantitative estimate of drug-likeness (QED) is 0.731. The number of hydrogen-bond acceptors (Lipinski definition) is 4. The molecule has 0 radical (unpaired) electrons. The van der Waals surface area contributed by atoms with E-state index in [1.807, 2.05) is 0 Å². The van der Waals surface area contributed by atoms with Crippen molar-refractivity contribution in [3.8, 4) is 0 Å². The zero-order chi connectivity index (χ0) is 13.8. The molecule has 1 unspecified atom stereocenters. The first kappa shape index (κ1) is 13.0. The van der Waals surface area contributed by atoms with Crippen molar-refractivity contribution in [2.45, 2.75) is 12.5 Å². The van der Waals surface area contributed by atoms with E-state index in [9.17, 15) is 14.4 Å². The Morgan fingerprint density at radius 1 is 1.53 bits per heavy atom. The molecule has 0 saturated carbocycles. The van der Waals surface area contributed by atoms with E-state index in [1.165, 1.54) is 6.20 Å². The molecular weight excluding hydrogens is 250 g/mol. The van der Waals surface area contributed by atoms with Crippen molar-refractivity contribution >= 4 is 17.8 Å². The van der Waals surface area contributed by atoms with Crippen LogP contribution >= 0.6 is 0 Å². The number of pyridine rings is 1. The van der Waals surface area contributed by atoms with Gasteiger partial charge >= 0.3 is 5.97 Å². The van der Waals surface area contributed by atoms with Gasteiger partial charge in [-0.1, -0.05) is 6.07 Å². The maximum absolute atomic E-state index is 12.1. The molecule has 1 aromatic rings. The molecule has 0 bridgehead atoms. The predicted octanol–water partition coefficient (Wildman–Crippen LogP) is -0.964. The highest BCUT2D eigenvalue weighted by atomic mass is 16.4. The number of rotatable bonds is 3. The highest BCUT2D eigenvalue weighted by molar-refractivity contribution is 5.91. The summed E-state index contributed by atoms with van der Waals surface area (Å²) in [4.78, 5) is 39.4. The molecule has 2 N–H and O–H groups in total. The van der Waals surface area contributed by atoms with Gasteiger partial charge < -0.3 is 15.3 Å². The lowest BCUT2D eigenvalue weighted by Crippen LogP contribution is -2.59. The lowest BCUT2D eigenvalue weighted by Gasteiger charge is -2.32. The van der Waals surface area contributed by atoms with E-state index in [-0.39, 0.29) is 25.4 Å². The van der Waals surface area contributed by atoms with Crippen molar-refractivity contribution in [3.05, 3.63) is 30.1 Å². The van der Waals surface area contributed by atoms with E-state index >= 15 is 0 Å². The molecule has 0 aromatic carbocycles. The van der Waals surface area contributed by atoms with E-state index in [0.29, 0.717) is 5.56 Å². The molecule has 1 fully saturated rings. The van der Waals surface area contributed by atoms with Crippen molar-refractivity contribution in [1.29, 1.82) is 0 Å². The molecular formula is C12H13N3O4. The number of aromatic nitrogens is 1. The molecule has 2 heterocycles. The first-order valence-corrected chi connectivity index (χ1v) is 5.76. The Morgan fingerprint density at radius 2 is 2.32 bits per heavy atom. The molecule has 100 valence electrons. The predicted molar refractivity (Wildman–Crippen MR) is 64.1 cm³/mol. The number of nitrogens with one attached hydrogen (secondary N) is 1. The molecule has 1 atom stereocenters. The van der Waals surface area contributed by atoms with Crippen molar-refractivity contribution in [2.24, 2.45) is 0 Å². The van der Waals surface area contributed by atoms with Gasteiger partial charge in [0.25, 0.3) is 0 Å². The second kappa shape index (κ2) is 5.47. The number of carboxylic acids is 1. The summed E-state index contributed by atoms with van der Waals surface area (Å²) >= 11 is 0. The van der Waals surface area contributed by atoms with Crippen LogP contribution in [0.3, 0.4) is 0 Å². The van der Waals surface area contributed by atoms with Crippen LogP contribution in [-0.4, -0.2) is 51.9 Å². The zero-order valence-corrected chi connectivity index (χ0v) is 10.1. The summed E-state index contributed by atoms with van der Waals surface area (Å²) in [6.45, 7) is -0.289. The number of amides is 2. The Balaban J connectivity index is 2.11. The van der Waals surface area contributed by atoms with Gasteiger partial charge in [0.05, 0.1) is 6.42 Å². The van der Waals surface area contributed by atoms with Crippen LogP contribution in [0.2, 0.25) is 0 Å². The fraction of sp³-hybridized carbons (Fsp3) is 0.333. The second-order valence-electron chi connectivity index (χ2n) is 4.22. The SMILES string of the molecule is O=C1CN(C(=O)Cc2cccnc2)C(C(=O)O)CN1. The Hall–Kier alpha value is -2.44. The highest BCUT2D eigenvalue weighted by Gasteiger charge is 2.34. The van der Waals surface area contributed by atoms with Gasteiger partial charge in [-0.25, -0.2) is 4.79 Å². The third kappa shape index (κ3) is 3.06. The number of carboxylic acid groups (broad SMARTS) is 1. The Morgan fingerprint density at radius 3 is 2.95 bits per heavy atom. The number of carbonyl (C=O) groups is 3. The minimum Gasteiger partial charge on any atom is -0.480 e. The summed E-state index contributed by atoms with van der Waals surface area (Å²) in [5, 5.41) is 11.5. The van der Waals surface area contributed by atoms with Crippen LogP contribution in [0.15, 0.2) is 24.5 Å². The van der Waals surface area contributed by atoms with Gasteiger partial charge in [-0.3, -0.25) is 14.6 Å². The van der Waals surface area contributed by atoms with Crippen molar-refractivity contribution < 1.29 is 19.5 Å². The standard InChI is InChI=1S/C12H13N3O4/c16-10-7-15(9(6-14-10)12(18)19)11(17)4-8-2-1-3-13-5-8/h1-3,5,9H,4,6-7H2,(H,14,16)(H,18,19). The molecule has 7 heteroatoms. The topological polar surface area (TPSA) is 99.6 Å². The van der Waals surface area contributed by atoms with Gasteiger partial charge in [0, 0.05) is 18.9 Å². The molecule has 0 aliphatic carbocycles. The lowest BCUT2D eigenvalue weighted by atomic mass is 10.1. The monoisotopic (exact) mass is 263 g/mol. The fourth-order valence-electron chi connectivity index (χ4n) is 1.90. The summed E-state index contributed by atoms with van der Waals surface area (Å²) in [6, 6.07) is 2.41. The molecule has 1 saturated heterocycles. The van der Waals surface area contributed by atoms with E-state index < -0.39 is 17.9 Å². The minimum absolute atomic E-state index is 0.0326. The summed E-state index contributed by atoms with van der Waals surface area (Å²) in [6.07, 6.45) is 3.16. The van der Waals surface area contributed by atoms with E-state index in [2.05, 4.69) is 10.3 Å². The molecule has 1 aliphatic heterocycles. The number of piperazine rings is 1. The average molecular weight is 263 g/mol. The van der Waals surface area contributed by atoms with Crippen molar-refractivity contribution in [1.82, 2.24) is 15.2 Å². The molecule has 0 spiro atoms. The average Bonchev–Trinajstić information content (AvgIpc) is 2.39. The van der Waals surface area contributed by atoms with Crippen LogP contribution in [0, 0.1) is 0 Å². The number of carbonyl (C=O) groups excluding carboxylic acids is 2. The largest absolute Gasteiger partial charge is 0.480 e. The molecule has 2 rings (SSSR count). The Labute approximate surface area is 109 Å². The third-order valence-corrected chi connectivity index (χ3v) is 2.87. The van der Waals surface area contributed by atoms with Gasteiger partial charge in [0.2, 0.25) is 11.8 Å². The minimum atomic E-state index is -1.13. The second-order valence-corrected chi connectivity index (χ2v) is 4.22. The summed E-state index contributed by atoms with van der Waals surface area (Å²) in [7, 11) is 0. The smallest absolute Gasteiger partial charge is 0.328 e. The van der Waals surface area contributed by atoms with Gasteiger partial charge in [-0.15, -0.1) is 0 Å². The van der Waals surface area contributed by atoms with Crippen LogP contribution in [0.25, 0.3) is 0 Å². The first-order chi connectivity index (χ1) is 9.08. The maximum Gasteiger partial charge on any atom is 0.328 e. The number of aliphatic carboxylic acids is 1. The fourth-order valence-corrected chi connectivity index (χ4v) is 1.90. The summed E-state index contributed by atoms with van der Waals surface area (Å²) in [5.74, 6) is -1.87. The van der Waals surface area contributed by atoms with Crippen LogP contribution in [0.5, 0.6) is 0 Å². The van der Waals surface area contributed by atoms with Crippen LogP contribution in [0.4, 0.5) is 0 Å². The van der Waals surface area contributed by atoms with Crippen molar-refractivity contribution in [2.75, 3.05) is 13.1 Å². The lowest BCUT2D eigenvalue weighted by molar-refractivity contribution is -0.153. The van der Waals surface area contributed by atoms with Crippen LogP contribution < -0.4 is 5.32 Å². The van der Waals surface area contributed by atoms with Gasteiger partial charge in [-0.2, -0.15) is 0 Å². The maximum atomic E-state index is 12.1.